The van der Waals surface area contributed by atoms with Gasteiger partial charge in [0.05, 0.1) is 24.2 Å². The van der Waals surface area contributed by atoms with E-state index >= 15 is 0 Å². The van der Waals surface area contributed by atoms with Crippen molar-refractivity contribution in [3.63, 3.8) is 0 Å². The van der Waals surface area contributed by atoms with Crippen molar-refractivity contribution >= 4 is 28.7 Å². The first kappa shape index (κ1) is 20.1. The first-order valence-corrected chi connectivity index (χ1v) is 10.3. The molecule has 0 aliphatic carbocycles. The van der Waals surface area contributed by atoms with E-state index in [0.717, 1.165) is 41.0 Å². The fourth-order valence-electron chi connectivity index (χ4n) is 3.63. The Morgan fingerprint density at radius 1 is 1.13 bits per heavy atom. The summed E-state index contributed by atoms with van der Waals surface area (Å²) in [4.78, 5) is 21.7. The monoisotopic (exact) mass is 419 g/mol. The van der Waals surface area contributed by atoms with Crippen molar-refractivity contribution in [1.29, 1.82) is 0 Å². The molecule has 0 amide bonds. The Morgan fingerprint density at radius 3 is 2.67 bits per heavy atom. The van der Waals surface area contributed by atoms with Gasteiger partial charge in [-0.25, -0.2) is 14.8 Å². The summed E-state index contributed by atoms with van der Waals surface area (Å²) >= 11 is 6.34. The number of nitrogens with zero attached hydrogens (tertiary/aromatic N) is 3. The number of fused-ring (bicyclic) bond motifs is 1. The summed E-state index contributed by atoms with van der Waals surface area (Å²) in [5.41, 5.74) is 4.77. The lowest BCUT2D eigenvalue weighted by Crippen LogP contribution is -2.09. The second-order valence-corrected chi connectivity index (χ2v) is 7.47. The van der Waals surface area contributed by atoms with E-state index < -0.39 is 0 Å². The molecular weight excluding hydrogens is 398 g/mol. The maximum absolute atomic E-state index is 12.5. The highest BCUT2D eigenvalue weighted by Crippen LogP contribution is 2.28. The molecule has 6 heteroatoms. The van der Waals surface area contributed by atoms with Crippen LogP contribution in [0.5, 0.6) is 0 Å². The zero-order valence-electron chi connectivity index (χ0n) is 16.9. The van der Waals surface area contributed by atoms with E-state index in [4.69, 9.17) is 21.3 Å². The number of methoxy groups -OCH3 is 1. The van der Waals surface area contributed by atoms with E-state index in [9.17, 15) is 4.79 Å². The SMILES string of the molecule is CCCc1nc2c(Cl)ccnc2n1Cc1ccc(-c2ccccc2)c(C(=O)OC)c1. The summed E-state index contributed by atoms with van der Waals surface area (Å²) in [6.45, 7) is 2.65. The second kappa shape index (κ2) is 8.67. The first-order chi connectivity index (χ1) is 14.6. The third kappa shape index (κ3) is 3.81. The van der Waals surface area contributed by atoms with Crippen LogP contribution in [0.4, 0.5) is 0 Å². The highest BCUT2D eigenvalue weighted by Gasteiger charge is 2.17. The smallest absolute Gasteiger partial charge is 0.338 e. The molecule has 0 aliphatic rings. The summed E-state index contributed by atoms with van der Waals surface area (Å²) in [6.07, 6.45) is 3.47. The minimum absolute atomic E-state index is 0.360. The Kier molecular flexibility index (Phi) is 5.81. The van der Waals surface area contributed by atoms with Gasteiger partial charge >= 0.3 is 5.97 Å². The molecule has 0 saturated heterocycles. The number of hydrogen-bond donors (Lipinski definition) is 0. The molecule has 0 bridgehead atoms. The Balaban J connectivity index is 1.80. The topological polar surface area (TPSA) is 57.0 Å². The third-order valence-electron chi connectivity index (χ3n) is 5.05. The van der Waals surface area contributed by atoms with Crippen molar-refractivity contribution in [3.8, 4) is 11.1 Å². The summed E-state index contributed by atoms with van der Waals surface area (Å²) in [5.74, 6) is 0.570. The number of ether oxygens (including phenoxy) is 1. The molecule has 0 radical (unpaired) electrons. The van der Waals surface area contributed by atoms with E-state index in [-0.39, 0.29) is 5.97 Å². The number of carbonyl (C=O) groups excluding carboxylic acids is 1. The van der Waals surface area contributed by atoms with Crippen LogP contribution in [-0.2, 0) is 17.7 Å². The number of carbonyl (C=O) groups is 1. The lowest BCUT2D eigenvalue weighted by Gasteiger charge is -2.13. The van der Waals surface area contributed by atoms with Gasteiger partial charge in [0.2, 0.25) is 0 Å². The molecular formula is C24H22ClN3O2. The number of halogens is 1. The zero-order chi connectivity index (χ0) is 21.1. The molecule has 152 valence electrons. The maximum atomic E-state index is 12.5. The summed E-state index contributed by atoms with van der Waals surface area (Å²) in [6, 6.07) is 17.5. The maximum Gasteiger partial charge on any atom is 0.338 e. The van der Waals surface area contributed by atoms with E-state index in [0.29, 0.717) is 22.6 Å². The molecule has 0 spiro atoms. The summed E-state index contributed by atoms with van der Waals surface area (Å²) in [5, 5.41) is 0.589. The molecule has 30 heavy (non-hydrogen) atoms. The number of imidazole rings is 1. The van der Waals surface area contributed by atoms with Gasteiger partial charge in [-0.2, -0.15) is 0 Å². The van der Waals surface area contributed by atoms with Crippen LogP contribution in [0.1, 0.15) is 35.1 Å². The van der Waals surface area contributed by atoms with Gasteiger partial charge in [0.25, 0.3) is 0 Å². The van der Waals surface area contributed by atoms with Crippen LogP contribution in [0.2, 0.25) is 5.02 Å². The van der Waals surface area contributed by atoms with Crippen LogP contribution < -0.4 is 0 Å². The minimum Gasteiger partial charge on any atom is -0.465 e. The quantitative estimate of drug-likeness (QED) is 0.385. The number of esters is 1. The average molecular weight is 420 g/mol. The van der Waals surface area contributed by atoms with Crippen molar-refractivity contribution in [1.82, 2.24) is 14.5 Å². The van der Waals surface area contributed by atoms with E-state index in [1.54, 1.807) is 12.3 Å². The van der Waals surface area contributed by atoms with Crippen molar-refractivity contribution in [2.45, 2.75) is 26.3 Å². The molecule has 4 aromatic rings. The molecule has 2 aromatic heterocycles. The van der Waals surface area contributed by atoms with Gasteiger partial charge < -0.3 is 9.30 Å². The van der Waals surface area contributed by atoms with Gasteiger partial charge in [-0.1, -0.05) is 61.0 Å². The lowest BCUT2D eigenvalue weighted by atomic mass is 9.97. The van der Waals surface area contributed by atoms with Crippen molar-refractivity contribution in [2.75, 3.05) is 7.11 Å². The van der Waals surface area contributed by atoms with E-state index in [1.807, 2.05) is 48.5 Å². The molecule has 5 nitrogen and oxygen atoms in total. The van der Waals surface area contributed by atoms with Crippen molar-refractivity contribution < 1.29 is 9.53 Å². The van der Waals surface area contributed by atoms with Gasteiger partial charge in [0, 0.05) is 12.6 Å². The standard InChI is InChI=1S/C24H22ClN3O2/c1-3-7-21-27-22-20(25)12-13-26-23(22)28(21)15-16-10-11-18(17-8-5-4-6-9-17)19(14-16)24(29)30-2/h4-6,8-14H,3,7,15H2,1-2H3. The Bertz CT molecular complexity index is 1200. The van der Waals surface area contributed by atoms with Crippen LogP contribution in [-0.4, -0.2) is 27.6 Å². The summed E-state index contributed by atoms with van der Waals surface area (Å²) in [7, 11) is 1.40. The van der Waals surface area contributed by atoms with Gasteiger partial charge in [-0.05, 0) is 35.2 Å². The molecule has 2 aromatic carbocycles. The predicted molar refractivity (Wildman–Crippen MR) is 119 cm³/mol. The van der Waals surface area contributed by atoms with Crippen LogP contribution >= 0.6 is 11.6 Å². The van der Waals surface area contributed by atoms with Gasteiger partial charge in [-0.3, -0.25) is 0 Å². The molecule has 0 aliphatic heterocycles. The van der Waals surface area contributed by atoms with Crippen molar-refractivity contribution in [2.24, 2.45) is 0 Å². The first-order valence-electron chi connectivity index (χ1n) is 9.88. The second-order valence-electron chi connectivity index (χ2n) is 7.07. The molecule has 0 N–H and O–H groups in total. The Morgan fingerprint density at radius 2 is 1.93 bits per heavy atom. The Hall–Kier alpha value is -3.18. The van der Waals surface area contributed by atoms with Gasteiger partial charge in [0.15, 0.2) is 5.65 Å². The van der Waals surface area contributed by atoms with Crippen LogP contribution in [0, 0.1) is 0 Å². The molecule has 0 saturated carbocycles. The Labute approximate surface area is 180 Å². The predicted octanol–water partition coefficient (Wildman–Crippen LogP) is 5.54. The van der Waals surface area contributed by atoms with Crippen LogP contribution in [0.15, 0.2) is 60.8 Å². The molecule has 4 rings (SSSR count). The van der Waals surface area contributed by atoms with E-state index in [2.05, 4.69) is 16.5 Å². The normalized spacial score (nSPS) is 11.0. The highest BCUT2D eigenvalue weighted by atomic mass is 35.5. The van der Waals surface area contributed by atoms with Crippen molar-refractivity contribution in [3.05, 3.63) is 82.8 Å². The number of aryl methyl sites for hydroxylation is 1. The summed E-state index contributed by atoms with van der Waals surface area (Å²) < 4.78 is 7.12. The average Bonchev–Trinajstić information content (AvgIpc) is 3.12. The molecule has 0 fully saturated rings. The number of rotatable bonds is 6. The minimum atomic E-state index is -0.360. The molecule has 0 atom stereocenters. The largest absolute Gasteiger partial charge is 0.465 e. The number of aromatic nitrogens is 3. The van der Waals surface area contributed by atoms with E-state index in [1.165, 1.54) is 7.11 Å². The molecule has 2 heterocycles. The number of benzene rings is 2. The lowest BCUT2D eigenvalue weighted by molar-refractivity contribution is 0.0601. The fourth-order valence-corrected chi connectivity index (χ4v) is 3.82. The van der Waals surface area contributed by atoms with Gasteiger partial charge in [0.1, 0.15) is 11.3 Å². The molecule has 0 unspecified atom stereocenters. The number of hydrogen-bond acceptors (Lipinski definition) is 4. The fraction of sp³-hybridized carbons (Fsp3) is 0.208. The van der Waals surface area contributed by atoms with Crippen LogP contribution in [0.25, 0.3) is 22.3 Å². The van der Waals surface area contributed by atoms with Crippen LogP contribution in [0.3, 0.4) is 0 Å². The highest BCUT2D eigenvalue weighted by molar-refractivity contribution is 6.34. The number of pyridine rings is 1. The third-order valence-corrected chi connectivity index (χ3v) is 5.36. The zero-order valence-corrected chi connectivity index (χ0v) is 17.7. The van der Waals surface area contributed by atoms with Gasteiger partial charge in [-0.15, -0.1) is 0 Å².